The van der Waals surface area contributed by atoms with Crippen molar-refractivity contribution >= 4 is 16.8 Å². The van der Waals surface area contributed by atoms with Crippen molar-refractivity contribution in [2.24, 2.45) is 5.92 Å². The molecule has 3 nitrogen and oxygen atoms in total. The van der Waals surface area contributed by atoms with Crippen LogP contribution in [0, 0.1) is 11.7 Å². The summed E-state index contributed by atoms with van der Waals surface area (Å²) >= 11 is 0. The van der Waals surface area contributed by atoms with Gasteiger partial charge in [-0.1, -0.05) is 12.1 Å². The van der Waals surface area contributed by atoms with Crippen molar-refractivity contribution in [3.05, 3.63) is 35.8 Å². The van der Waals surface area contributed by atoms with Crippen LogP contribution in [0.2, 0.25) is 0 Å². The van der Waals surface area contributed by atoms with Crippen molar-refractivity contribution in [3.63, 3.8) is 0 Å². The van der Waals surface area contributed by atoms with Gasteiger partial charge in [0.1, 0.15) is 0 Å². The van der Waals surface area contributed by atoms with E-state index in [2.05, 4.69) is 5.32 Å². The van der Waals surface area contributed by atoms with Crippen LogP contribution in [0.3, 0.4) is 0 Å². The Kier molecular flexibility index (Phi) is 3.07. The largest absolute Gasteiger partial charge is 0.450 e. The van der Waals surface area contributed by atoms with Crippen molar-refractivity contribution in [2.75, 3.05) is 0 Å². The normalized spacial score (nSPS) is 28.1. The highest BCUT2D eigenvalue weighted by Crippen LogP contribution is 2.34. The summed E-state index contributed by atoms with van der Waals surface area (Å²) in [4.78, 5) is 12.4. The number of carbonyl (C=O) groups excluding carboxylic acids is 1. The van der Waals surface area contributed by atoms with Gasteiger partial charge in [0.05, 0.1) is 0 Å². The van der Waals surface area contributed by atoms with Crippen LogP contribution in [0.5, 0.6) is 0 Å². The number of piperidine rings is 1. The van der Waals surface area contributed by atoms with E-state index in [-0.39, 0.29) is 11.4 Å². The fraction of sp³-hybridized carbons (Fsp3) is 0.471. The first kappa shape index (κ1) is 13.0. The van der Waals surface area contributed by atoms with Gasteiger partial charge in [-0.3, -0.25) is 4.79 Å². The van der Waals surface area contributed by atoms with Crippen LogP contribution >= 0.6 is 0 Å². The first-order valence-corrected chi connectivity index (χ1v) is 7.66. The maximum Gasteiger partial charge on any atom is 0.198 e. The molecule has 2 saturated heterocycles. The van der Waals surface area contributed by atoms with Crippen molar-refractivity contribution in [1.82, 2.24) is 5.32 Å². The van der Waals surface area contributed by atoms with E-state index in [1.807, 2.05) is 0 Å². The minimum Gasteiger partial charge on any atom is -0.450 e. The Balaban J connectivity index is 1.52. The van der Waals surface area contributed by atoms with Gasteiger partial charge in [0, 0.05) is 23.9 Å². The molecule has 2 unspecified atom stereocenters. The molecule has 2 bridgehead atoms. The van der Waals surface area contributed by atoms with Crippen molar-refractivity contribution in [1.29, 1.82) is 0 Å². The van der Waals surface area contributed by atoms with Crippen LogP contribution in [0.4, 0.5) is 4.39 Å². The number of rotatable bonds is 3. The molecular weight excluding hydrogens is 269 g/mol. The molecule has 1 aromatic heterocycles. The molecule has 3 heterocycles. The minimum absolute atomic E-state index is 0.00287. The van der Waals surface area contributed by atoms with Gasteiger partial charge in [-0.15, -0.1) is 0 Å². The second-order valence-corrected chi connectivity index (χ2v) is 6.37. The predicted octanol–water partition coefficient (Wildman–Crippen LogP) is 3.68. The Morgan fingerprint density at radius 1 is 1.29 bits per heavy atom. The van der Waals surface area contributed by atoms with Gasteiger partial charge < -0.3 is 9.73 Å². The number of ketones is 1. The van der Waals surface area contributed by atoms with E-state index in [1.165, 1.54) is 18.9 Å². The molecule has 2 aliphatic rings. The number of hydrogen-bond acceptors (Lipinski definition) is 3. The second-order valence-electron chi connectivity index (χ2n) is 6.37. The number of fused-ring (bicyclic) bond motifs is 3. The Hall–Kier alpha value is -1.68. The zero-order valence-electron chi connectivity index (χ0n) is 11.8. The molecule has 1 N–H and O–H groups in total. The average molecular weight is 287 g/mol. The third-order valence-electron chi connectivity index (χ3n) is 4.82. The van der Waals surface area contributed by atoms with E-state index < -0.39 is 5.82 Å². The molecule has 0 saturated carbocycles. The molecule has 2 fully saturated rings. The molecule has 110 valence electrons. The molecule has 2 aliphatic heterocycles. The lowest BCUT2D eigenvalue weighted by atomic mass is 9.88. The van der Waals surface area contributed by atoms with Gasteiger partial charge in [-0.05, 0) is 43.7 Å². The summed E-state index contributed by atoms with van der Waals surface area (Å²) in [6.45, 7) is 0. The zero-order chi connectivity index (χ0) is 14.4. The highest BCUT2D eigenvalue weighted by atomic mass is 19.1. The van der Waals surface area contributed by atoms with Crippen molar-refractivity contribution in [3.8, 4) is 0 Å². The number of para-hydroxylation sites is 1. The topological polar surface area (TPSA) is 42.2 Å². The summed E-state index contributed by atoms with van der Waals surface area (Å²) in [5.41, 5.74) is 0.186. The summed E-state index contributed by atoms with van der Waals surface area (Å²) in [5.74, 6) is 0.304. The summed E-state index contributed by atoms with van der Waals surface area (Å²) in [5, 5.41) is 4.23. The molecule has 0 amide bonds. The Bertz CT molecular complexity index is 681. The number of benzene rings is 1. The van der Waals surface area contributed by atoms with Gasteiger partial charge in [0.15, 0.2) is 22.9 Å². The number of hydrogen-bond donors (Lipinski definition) is 1. The Morgan fingerprint density at radius 3 is 2.76 bits per heavy atom. The molecule has 0 spiro atoms. The maximum atomic E-state index is 13.6. The molecule has 4 rings (SSSR count). The average Bonchev–Trinajstić information content (AvgIpc) is 3.03. The van der Waals surface area contributed by atoms with Crippen LogP contribution in [0.15, 0.2) is 28.7 Å². The lowest BCUT2D eigenvalue weighted by Gasteiger charge is -2.28. The summed E-state index contributed by atoms with van der Waals surface area (Å²) in [6, 6.07) is 7.57. The number of halogens is 1. The van der Waals surface area contributed by atoms with Crippen LogP contribution < -0.4 is 5.32 Å². The van der Waals surface area contributed by atoms with E-state index in [1.54, 1.807) is 18.2 Å². The highest BCUT2D eigenvalue weighted by Gasteiger charge is 2.34. The molecule has 0 aliphatic carbocycles. The minimum atomic E-state index is -0.411. The number of carbonyl (C=O) groups is 1. The predicted molar refractivity (Wildman–Crippen MR) is 77.8 cm³/mol. The Labute approximate surface area is 122 Å². The van der Waals surface area contributed by atoms with Gasteiger partial charge in [-0.2, -0.15) is 0 Å². The molecule has 2 aromatic rings. The summed E-state index contributed by atoms with van der Waals surface area (Å²) < 4.78 is 19.1. The number of nitrogens with one attached hydrogen (secondary N) is 1. The van der Waals surface area contributed by atoms with Gasteiger partial charge in [-0.25, -0.2) is 4.39 Å². The first-order valence-electron chi connectivity index (χ1n) is 7.66. The van der Waals surface area contributed by atoms with Crippen LogP contribution in [0.1, 0.15) is 42.7 Å². The second kappa shape index (κ2) is 4.95. The first-order chi connectivity index (χ1) is 10.2. The Morgan fingerprint density at radius 2 is 2.05 bits per heavy atom. The molecular formula is C17H18FNO2. The third-order valence-corrected chi connectivity index (χ3v) is 4.82. The fourth-order valence-corrected chi connectivity index (χ4v) is 3.87. The zero-order valence-corrected chi connectivity index (χ0v) is 11.8. The van der Waals surface area contributed by atoms with Gasteiger partial charge in [0.2, 0.25) is 0 Å². The lowest BCUT2D eigenvalue weighted by Crippen LogP contribution is -2.38. The number of Topliss-reactive ketones (excluding diaryl/α,β-unsaturated/α-hetero) is 1. The fourth-order valence-electron chi connectivity index (χ4n) is 3.87. The quantitative estimate of drug-likeness (QED) is 0.876. The smallest absolute Gasteiger partial charge is 0.198 e. The van der Waals surface area contributed by atoms with Crippen LogP contribution in [-0.4, -0.2) is 17.9 Å². The molecule has 0 radical (unpaired) electrons. The van der Waals surface area contributed by atoms with E-state index in [4.69, 9.17) is 4.42 Å². The molecule has 21 heavy (non-hydrogen) atoms. The van der Waals surface area contributed by atoms with Crippen molar-refractivity contribution in [2.45, 2.75) is 44.2 Å². The van der Waals surface area contributed by atoms with Crippen LogP contribution in [0.25, 0.3) is 11.0 Å². The van der Waals surface area contributed by atoms with Gasteiger partial charge in [0.25, 0.3) is 0 Å². The SMILES string of the molecule is O=C(CC1CC2CCC(C1)N2)c1cc2cccc(F)c2o1. The van der Waals surface area contributed by atoms with E-state index in [0.29, 0.717) is 35.6 Å². The van der Waals surface area contributed by atoms with E-state index >= 15 is 0 Å². The monoisotopic (exact) mass is 287 g/mol. The van der Waals surface area contributed by atoms with E-state index in [9.17, 15) is 9.18 Å². The van der Waals surface area contributed by atoms with Gasteiger partial charge >= 0.3 is 0 Å². The highest BCUT2D eigenvalue weighted by molar-refractivity contribution is 5.97. The molecule has 2 atom stereocenters. The number of furan rings is 1. The lowest BCUT2D eigenvalue weighted by molar-refractivity contribution is 0.0920. The third kappa shape index (κ3) is 2.38. The van der Waals surface area contributed by atoms with Crippen LogP contribution in [-0.2, 0) is 0 Å². The molecule has 4 heteroatoms. The summed E-state index contributed by atoms with van der Waals surface area (Å²) in [7, 11) is 0. The van der Waals surface area contributed by atoms with Crippen molar-refractivity contribution < 1.29 is 13.6 Å². The standard InChI is InChI=1S/C17H18FNO2/c18-14-3-1-2-11-9-16(21-17(11)14)15(20)8-10-6-12-4-5-13(7-10)19-12/h1-3,9-10,12-13,19H,4-8H2. The van der Waals surface area contributed by atoms with E-state index in [0.717, 1.165) is 12.8 Å². The maximum absolute atomic E-state index is 13.6. The summed E-state index contributed by atoms with van der Waals surface area (Å²) in [6.07, 6.45) is 5.10. The molecule has 1 aromatic carbocycles.